The molecule has 1 aromatic carbocycles. The Bertz CT molecular complexity index is 373. The summed E-state index contributed by atoms with van der Waals surface area (Å²) in [5, 5.41) is 0.197. The van der Waals surface area contributed by atoms with Crippen molar-refractivity contribution >= 4 is 11.6 Å². The summed E-state index contributed by atoms with van der Waals surface area (Å²) in [6.07, 6.45) is 22.4. The minimum atomic E-state index is 0.197. The maximum absolute atomic E-state index is 6.46. The lowest BCUT2D eigenvalue weighted by atomic mass is 10.0. The molecule has 0 heterocycles. The predicted molar refractivity (Wildman–Crippen MR) is 115 cm³/mol. The fraction of sp³-hybridized carbons (Fsp3) is 0.750. The highest BCUT2D eigenvalue weighted by Crippen LogP contribution is 2.26. The van der Waals surface area contributed by atoms with Crippen LogP contribution in [-0.2, 0) is 0 Å². The molecule has 0 amide bonds. The van der Waals surface area contributed by atoms with Gasteiger partial charge in [0.1, 0.15) is 0 Å². The summed E-state index contributed by atoms with van der Waals surface area (Å²) in [5.41, 5.74) is 1.27. The van der Waals surface area contributed by atoms with Crippen LogP contribution in [0.5, 0.6) is 0 Å². The lowest BCUT2D eigenvalue weighted by Gasteiger charge is -2.09. The minimum Gasteiger partial charge on any atom is -0.118 e. The van der Waals surface area contributed by atoms with Crippen LogP contribution in [-0.4, -0.2) is 0 Å². The van der Waals surface area contributed by atoms with E-state index in [0.29, 0.717) is 0 Å². The second-order valence-corrected chi connectivity index (χ2v) is 8.14. The van der Waals surface area contributed by atoms with Gasteiger partial charge in [-0.15, -0.1) is 11.6 Å². The van der Waals surface area contributed by atoms with E-state index in [2.05, 4.69) is 37.3 Å². The monoisotopic (exact) mass is 364 g/mol. The molecule has 0 aromatic heterocycles. The molecule has 1 unspecified atom stereocenters. The molecule has 0 bridgehead atoms. The van der Waals surface area contributed by atoms with Gasteiger partial charge in [-0.2, -0.15) is 0 Å². The number of unbranched alkanes of at least 4 members (excludes halogenated alkanes) is 14. The van der Waals surface area contributed by atoms with Crippen molar-refractivity contribution < 1.29 is 0 Å². The second-order valence-electron chi connectivity index (χ2n) is 7.62. The first-order valence-electron chi connectivity index (χ1n) is 11.0. The van der Waals surface area contributed by atoms with Crippen molar-refractivity contribution in [1.82, 2.24) is 0 Å². The molecule has 144 valence electrons. The minimum absolute atomic E-state index is 0.197. The average Bonchev–Trinajstić information content (AvgIpc) is 2.65. The molecule has 25 heavy (non-hydrogen) atoms. The summed E-state index contributed by atoms with van der Waals surface area (Å²) < 4.78 is 0. The molecule has 1 aromatic rings. The van der Waals surface area contributed by atoms with Gasteiger partial charge in [-0.1, -0.05) is 134 Å². The highest BCUT2D eigenvalue weighted by Gasteiger charge is 2.06. The molecule has 1 rings (SSSR count). The van der Waals surface area contributed by atoms with Crippen molar-refractivity contribution in [3.05, 3.63) is 35.9 Å². The maximum atomic E-state index is 6.46. The molecular formula is C24H41Cl. The quantitative estimate of drug-likeness (QED) is 0.191. The summed E-state index contributed by atoms with van der Waals surface area (Å²) in [4.78, 5) is 0. The van der Waals surface area contributed by atoms with E-state index in [1.807, 2.05) is 0 Å². The molecule has 0 saturated carbocycles. The molecular weight excluding hydrogens is 324 g/mol. The highest BCUT2D eigenvalue weighted by molar-refractivity contribution is 6.20. The average molecular weight is 365 g/mol. The molecule has 0 N–H and O–H groups in total. The Morgan fingerprint density at radius 2 is 1.00 bits per heavy atom. The predicted octanol–water partition coefficient (Wildman–Crippen LogP) is 9.23. The van der Waals surface area contributed by atoms with Crippen LogP contribution in [0, 0.1) is 0 Å². The van der Waals surface area contributed by atoms with Gasteiger partial charge in [-0.05, 0) is 12.0 Å². The Labute approximate surface area is 162 Å². The first kappa shape index (κ1) is 22.6. The van der Waals surface area contributed by atoms with Gasteiger partial charge in [0.25, 0.3) is 0 Å². The van der Waals surface area contributed by atoms with Gasteiger partial charge in [0.15, 0.2) is 0 Å². The van der Waals surface area contributed by atoms with Gasteiger partial charge >= 0.3 is 0 Å². The molecule has 0 spiro atoms. The van der Waals surface area contributed by atoms with Gasteiger partial charge in [0.2, 0.25) is 0 Å². The Balaban J connectivity index is 1.77. The van der Waals surface area contributed by atoms with E-state index in [0.717, 1.165) is 6.42 Å². The van der Waals surface area contributed by atoms with Gasteiger partial charge < -0.3 is 0 Å². The summed E-state index contributed by atoms with van der Waals surface area (Å²) in [6.45, 7) is 2.29. The van der Waals surface area contributed by atoms with Crippen LogP contribution in [0.1, 0.15) is 121 Å². The largest absolute Gasteiger partial charge is 0.118 e. The number of hydrogen-bond acceptors (Lipinski definition) is 0. The van der Waals surface area contributed by atoms with Crippen molar-refractivity contribution in [2.75, 3.05) is 0 Å². The van der Waals surface area contributed by atoms with E-state index >= 15 is 0 Å². The first-order valence-corrected chi connectivity index (χ1v) is 11.5. The molecule has 0 radical (unpaired) electrons. The smallest absolute Gasteiger partial charge is 0.0585 e. The third kappa shape index (κ3) is 13.4. The summed E-state index contributed by atoms with van der Waals surface area (Å²) in [6, 6.07) is 10.5. The topological polar surface area (TPSA) is 0 Å². The molecule has 0 fully saturated rings. The second kappa shape index (κ2) is 17.0. The first-order chi connectivity index (χ1) is 12.3. The standard InChI is InChI=1S/C24H41Cl/c1-2-3-4-5-6-7-8-9-10-11-12-13-14-15-19-22-24(25)23-20-17-16-18-21-23/h16-18,20-21,24H,2-15,19,22H2,1H3. The zero-order chi connectivity index (χ0) is 18.0. The lowest BCUT2D eigenvalue weighted by Crippen LogP contribution is -1.90. The van der Waals surface area contributed by atoms with Crippen LogP contribution in [0.3, 0.4) is 0 Å². The molecule has 1 heteroatoms. The van der Waals surface area contributed by atoms with Crippen molar-refractivity contribution in [2.24, 2.45) is 0 Å². The lowest BCUT2D eigenvalue weighted by molar-refractivity contribution is 0.529. The summed E-state index contributed by atoms with van der Waals surface area (Å²) >= 11 is 6.46. The van der Waals surface area contributed by atoms with E-state index in [1.54, 1.807) is 0 Å². The van der Waals surface area contributed by atoms with Gasteiger partial charge in [-0.3, -0.25) is 0 Å². The van der Waals surface area contributed by atoms with Crippen molar-refractivity contribution in [2.45, 2.75) is 115 Å². The number of rotatable bonds is 17. The molecule has 1 atom stereocenters. The van der Waals surface area contributed by atoms with E-state index < -0.39 is 0 Å². The molecule has 0 aliphatic heterocycles. The van der Waals surface area contributed by atoms with E-state index in [1.165, 1.54) is 102 Å². The Hall–Kier alpha value is -0.490. The fourth-order valence-corrected chi connectivity index (χ4v) is 3.82. The zero-order valence-corrected chi connectivity index (χ0v) is 17.4. The van der Waals surface area contributed by atoms with Crippen LogP contribution >= 0.6 is 11.6 Å². The van der Waals surface area contributed by atoms with Crippen LogP contribution in [0.2, 0.25) is 0 Å². The number of benzene rings is 1. The van der Waals surface area contributed by atoms with Crippen molar-refractivity contribution in [3.8, 4) is 0 Å². The van der Waals surface area contributed by atoms with Crippen molar-refractivity contribution in [3.63, 3.8) is 0 Å². The molecule has 0 saturated heterocycles. The normalized spacial score (nSPS) is 12.4. The number of hydrogen-bond donors (Lipinski definition) is 0. The van der Waals surface area contributed by atoms with Crippen LogP contribution in [0.25, 0.3) is 0 Å². The van der Waals surface area contributed by atoms with Gasteiger partial charge in [0.05, 0.1) is 5.38 Å². The zero-order valence-electron chi connectivity index (χ0n) is 16.7. The summed E-state index contributed by atoms with van der Waals surface area (Å²) in [7, 11) is 0. The molecule has 0 aliphatic rings. The number of halogens is 1. The summed E-state index contributed by atoms with van der Waals surface area (Å²) in [5.74, 6) is 0. The van der Waals surface area contributed by atoms with Gasteiger partial charge in [-0.25, -0.2) is 0 Å². The Morgan fingerprint density at radius 1 is 0.600 bits per heavy atom. The third-order valence-electron chi connectivity index (χ3n) is 5.22. The Morgan fingerprint density at radius 3 is 1.44 bits per heavy atom. The van der Waals surface area contributed by atoms with Crippen LogP contribution in [0.4, 0.5) is 0 Å². The van der Waals surface area contributed by atoms with Crippen LogP contribution < -0.4 is 0 Å². The third-order valence-corrected chi connectivity index (χ3v) is 5.69. The Kier molecular flexibility index (Phi) is 15.3. The van der Waals surface area contributed by atoms with E-state index in [-0.39, 0.29) is 5.38 Å². The molecule has 0 aliphatic carbocycles. The fourth-order valence-electron chi connectivity index (χ4n) is 3.52. The molecule has 0 nitrogen and oxygen atoms in total. The SMILES string of the molecule is CCCCCCCCCCCCCCCCCC(Cl)c1ccccc1. The van der Waals surface area contributed by atoms with Crippen LogP contribution in [0.15, 0.2) is 30.3 Å². The van der Waals surface area contributed by atoms with Gasteiger partial charge in [0, 0.05) is 0 Å². The number of alkyl halides is 1. The van der Waals surface area contributed by atoms with Crippen molar-refractivity contribution in [1.29, 1.82) is 0 Å². The van der Waals surface area contributed by atoms with E-state index in [4.69, 9.17) is 11.6 Å². The maximum Gasteiger partial charge on any atom is 0.0585 e. The highest BCUT2D eigenvalue weighted by atomic mass is 35.5. The van der Waals surface area contributed by atoms with E-state index in [9.17, 15) is 0 Å².